The standard InChI is InChI=1S/C14H26N2O3/c17-13-4-2-1-3-12(13)16-14(18)7-10-19-11-5-8-15-9-6-11/h11-13,15,17H,1-10H2,(H,16,18)/t12-,13-/m1/s1. The monoisotopic (exact) mass is 270 g/mol. The van der Waals surface area contributed by atoms with Gasteiger partial charge in [0, 0.05) is 6.42 Å². The number of aliphatic hydroxyl groups is 1. The summed E-state index contributed by atoms with van der Waals surface area (Å²) in [5.41, 5.74) is 0. The maximum Gasteiger partial charge on any atom is 0.222 e. The number of carbonyl (C=O) groups is 1. The van der Waals surface area contributed by atoms with Crippen molar-refractivity contribution >= 4 is 5.91 Å². The minimum atomic E-state index is -0.372. The van der Waals surface area contributed by atoms with Crippen molar-refractivity contribution in [2.75, 3.05) is 19.7 Å². The molecule has 0 aromatic rings. The third-order valence-electron chi connectivity index (χ3n) is 4.04. The quantitative estimate of drug-likeness (QED) is 0.683. The van der Waals surface area contributed by atoms with Crippen molar-refractivity contribution in [3.8, 4) is 0 Å². The molecule has 2 fully saturated rings. The smallest absolute Gasteiger partial charge is 0.222 e. The molecule has 5 nitrogen and oxygen atoms in total. The Hall–Kier alpha value is -0.650. The van der Waals surface area contributed by atoms with Crippen LogP contribution in [0.3, 0.4) is 0 Å². The Balaban J connectivity index is 1.58. The topological polar surface area (TPSA) is 70.6 Å². The van der Waals surface area contributed by atoms with Crippen LogP contribution in [-0.4, -0.2) is 49.0 Å². The number of ether oxygens (including phenoxy) is 1. The van der Waals surface area contributed by atoms with Gasteiger partial charge in [0.2, 0.25) is 5.91 Å². The van der Waals surface area contributed by atoms with Gasteiger partial charge in [-0.05, 0) is 38.8 Å². The molecule has 0 aromatic carbocycles. The zero-order chi connectivity index (χ0) is 13.5. The Morgan fingerprint density at radius 3 is 2.68 bits per heavy atom. The first-order valence-corrected chi connectivity index (χ1v) is 7.55. The van der Waals surface area contributed by atoms with Gasteiger partial charge >= 0.3 is 0 Å². The van der Waals surface area contributed by atoms with E-state index in [1.807, 2.05) is 0 Å². The number of carbonyl (C=O) groups excluding carboxylic acids is 1. The lowest BCUT2D eigenvalue weighted by atomic mass is 9.92. The molecular formula is C14H26N2O3. The lowest BCUT2D eigenvalue weighted by Crippen LogP contribution is -2.45. The Bertz CT molecular complexity index is 280. The molecule has 0 unspecified atom stereocenters. The third-order valence-corrected chi connectivity index (χ3v) is 4.04. The zero-order valence-electron chi connectivity index (χ0n) is 11.6. The van der Waals surface area contributed by atoms with E-state index in [4.69, 9.17) is 4.74 Å². The Morgan fingerprint density at radius 2 is 1.95 bits per heavy atom. The molecular weight excluding hydrogens is 244 g/mol. The Morgan fingerprint density at radius 1 is 1.21 bits per heavy atom. The van der Waals surface area contributed by atoms with Crippen LogP contribution in [0.2, 0.25) is 0 Å². The number of rotatable bonds is 5. The summed E-state index contributed by atoms with van der Waals surface area (Å²) in [6, 6.07) is -0.0554. The van der Waals surface area contributed by atoms with Gasteiger partial charge in [0.15, 0.2) is 0 Å². The molecule has 2 rings (SSSR count). The van der Waals surface area contributed by atoms with Crippen molar-refractivity contribution in [2.45, 2.75) is 63.2 Å². The van der Waals surface area contributed by atoms with Crippen LogP contribution >= 0.6 is 0 Å². The van der Waals surface area contributed by atoms with Crippen molar-refractivity contribution in [2.24, 2.45) is 0 Å². The van der Waals surface area contributed by atoms with Crippen LogP contribution in [0, 0.1) is 0 Å². The highest BCUT2D eigenvalue weighted by molar-refractivity contribution is 5.76. The van der Waals surface area contributed by atoms with Crippen LogP contribution in [0.1, 0.15) is 44.9 Å². The number of hydrogen-bond acceptors (Lipinski definition) is 4. The maximum atomic E-state index is 11.8. The SMILES string of the molecule is O=C(CCOC1CCNCC1)N[C@@H]1CCCC[C@H]1O. The molecule has 0 bridgehead atoms. The number of nitrogens with one attached hydrogen (secondary N) is 2. The van der Waals surface area contributed by atoms with Crippen LogP contribution in [0.5, 0.6) is 0 Å². The second kappa shape index (κ2) is 7.82. The summed E-state index contributed by atoms with van der Waals surface area (Å²) >= 11 is 0. The van der Waals surface area contributed by atoms with Crippen molar-refractivity contribution in [1.29, 1.82) is 0 Å². The van der Waals surface area contributed by atoms with Crippen molar-refractivity contribution in [3.05, 3.63) is 0 Å². The molecule has 2 aliphatic rings. The fourth-order valence-electron chi connectivity index (χ4n) is 2.84. The van der Waals surface area contributed by atoms with E-state index in [9.17, 15) is 9.90 Å². The van der Waals surface area contributed by atoms with Crippen LogP contribution in [-0.2, 0) is 9.53 Å². The van der Waals surface area contributed by atoms with Crippen LogP contribution in [0.25, 0.3) is 0 Å². The normalized spacial score (nSPS) is 29.1. The predicted octanol–water partition coefficient (Wildman–Crippen LogP) is 0.565. The second-order valence-corrected chi connectivity index (χ2v) is 5.60. The fourth-order valence-corrected chi connectivity index (χ4v) is 2.84. The number of hydrogen-bond donors (Lipinski definition) is 3. The molecule has 110 valence electrons. The van der Waals surface area contributed by atoms with Gasteiger partial charge in [-0.1, -0.05) is 12.8 Å². The molecule has 1 saturated heterocycles. The maximum absolute atomic E-state index is 11.8. The van der Waals surface area contributed by atoms with Gasteiger partial charge in [-0.3, -0.25) is 4.79 Å². The van der Waals surface area contributed by atoms with E-state index in [-0.39, 0.29) is 18.1 Å². The molecule has 3 N–H and O–H groups in total. The van der Waals surface area contributed by atoms with E-state index in [2.05, 4.69) is 10.6 Å². The lowest BCUT2D eigenvalue weighted by molar-refractivity contribution is -0.124. The van der Waals surface area contributed by atoms with Crippen LogP contribution < -0.4 is 10.6 Å². The molecule has 1 amide bonds. The highest BCUT2D eigenvalue weighted by Crippen LogP contribution is 2.18. The molecule has 1 saturated carbocycles. The summed E-state index contributed by atoms with van der Waals surface area (Å²) in [4.78, 5) is 11.8. The average Bonchev–Trinajstić information content (AvgIpc) is 2.43. The van der Waals surface area contributed by atoms with Gasteiger partial charge in [0.1, 0.15) is 0 Å². The Kier molecular flexibility index (Phi) is 6.07. The summed E-state index contributed by atoms with van der Waals surface area (Å²) in [6.45, 7) is 2.50. The van der Waals surface area contributed by atoms with Gasteiger partial charge in [-0.2, -0.15) is 0 Å². The third kappa shape index (κ3) is 5.09. The minimum Gasteiger partial charge on any atom is -0.391 e. The lowest BCUT2D eigenvalue weighted by Gasteiger charge is -2.28. The number of piperidine rings is 1. The summed E-state index contributed by atoms with van der Waals surface area (Å²) < 4.78 is 5.71. The molecule has 1 heterocycles. The van der Waals surface area contributed by atoms with E-state index in [1.165, 1.54) is 0 Å². The number of aliphatic hydroxyl groups excluding tert-OH is 1. The largest absolute Gasteiger partial charge is 0.391 e. The highest BCUT2D eigenvalue weighted by Gasteiger charge is 2.24. The van der Waals surface area contributed by atoms with Crippen molar-refractivity contribution in [1.82, 2.24) is 10.6 Å². The highest BCUT2D eigenvalue weighted by atomic mass is 16.5. The zero-order valence-corrected chi connectivity index (χ0v) is 11.6. The molecule has 19 heavy (non-hydrogen) atoms. The fraction of sp³-hybridized carbons (Fsp3) is 0.929. The Labute approximate surface area is 115 Å². The van der Waals surface area contributed by atoms with Crippen molar-refractivity contribution < 1.29 is 14.6 Å². The number of amides is 1. The van der Waals surface area contributed by atoms with Gasteiger partial charge in [-0.15, -0.1) is 0 Å². The average molecular weight is 270 g/mol. The molecule has 1 aliphatic heterocycles. The second-order valence-electron chi connectivity index (χ2n) is 5.60. The van der Waals surface area contributed by atoms with Gasteiger partial charge in [-0.25, -0.2) is 0 Å². The molecule has 0 aromatic heterocycles. The first-order chi connectivity index (χ1) is 9.25. The summed E-state index contributed by atoms with van der Waals surface area (Å²) in [5, 5.41) is 16.0. The molecule has 0 radical (unpaired) electrons. The summed E-state index contributed by atoms with van der Waals surface area (Å²) in [6.07, 6.45) is 6.23. The van der Waals surface area contributed by atoms with E-state index in [1.54, 1.807) is 0 Å². The molecule has 0 spiro atoms. The van der Waals surface area contributed by atoms with Gasteiger partial charge in [0.25, 0.3) is 0 Å². The van der Waals surface area contributed by atoms with E-state index in [0.717, 1.165) is 51.6 Å². The van der Waals surface area contributed by atoms with Gasteiger partial charge < -0.3 is 20.5 Å². The molecule has 5 heteroatoms. The predicted molar refractivity (Wildman–Crippen MR) is 72.9 cm³/mol. The van der Waals surface area contributed by atoms with Gasteiger partial charge in [0.05, 0.1) is 24.9 Å². The van der Waals surface area contributed by atoms with E-state index < -0.39 is 0 Å². The van der Waals surface area contributed by atoms with E-state index in [0.29, 0.717) is 19.1 Å². The van der Waals surface area contributed by atoms with Crippen molar-refractivity contribution in [3.63, 3.8) is 0 Å². The summed E-state index contributed by atoms with van der Waals surface area (Å²) in [5.74, 6) is -0.000107. The minimum absolute atomic E-state index is 0.000107. The first-order valence-electron chi connectivity index (χ1n) is 7.55. The molecule has 2 atom stereocenters. The van der Waals surface area contributed by atoms with Crippen LogP contribution in [0.4, 0.5) is 0 Å². The molecule has 1 aliphatic carbocycles. The first kappa shape index (κ1) is 14.8. The summed E-state index contributed by atoms with van der Waals surface area (Å²) in [7, 11) is 0. The van der Waals surface area contributed by atoms with E-state index >= 15 is 0 Å². The van der Waals surface area contributed by atoms with Crippen LogP contribution in [0.15, 0.2) is 0 Å².